The second-order valence-corrected chi connectivity index (χ2v) is 6.18. The molecule has 3 heteroatoms. The number of hydrogen-bond donors (Lipinski definition) is 1. The first-order valence-corrected chi connectivity index (χ1v) is 7.28. The monoisotopic (exact) mass is 263 g/mol. The van der Waals surface area contributed by atoms with Crippen LogP contribution in [0.15, 0.2) is 24.3 Å². The van der Waals surface area contributed by atoms with E-state index in [1.54, 1.807) is 6.07 Å². The molecule has 2 aliphatic rings. The van der Waals surface area contributed by atoms with E-state index in [1.165, 1.54) is 25.0 Å². The van der Waals surface area contributed by atoms with E-state index in [4.69, 9.17) is 0 Å². The van der Waals surface area contributed by atoms with Gasteiger partial charge in [0.2, 0.25) is 0 Å². The third kappa shape index (κ3) is 2.67. The minimum Gasteiger partial charge on any atom is -0.392 e. The molecule has 1 aromatic carbocycles. The Labute approximate surface area is 114 Å². The van der Waals surface area contributed by atoms with Crippen LogP contribution in [0.3, 0.4) is 0 Å². The number of rotatable bonds is 3. The van der Waals surface area contributed by atoms with Gasteiger partial charge in [0.05, 0.1) is 6.10 Å². The van der Waals surface area contributed by atoms with Crippen molar-refractivity contribution < 1.29 is 9.50 Å². The summed E-state index contributed by atoms with van der Waals surface area (Å²) in [5, 5.41) is 10.4. The summed E-state index contributed by atoms with van der Waals surface area (Å²) in [4.78, 5) is 2.48. The topological polar surface area (TPSA) is 23.5 Å². The highest BCUT2D eigenvalue weighted by Crippen LogP contribution is 2.39. The average Bonchev–Trinajstić information content (AvgIpc) is 2.62. The number of benzene rings is 1. The van der Waals surface area contributed by atoms with Gasteiger partial charge in [-0.2, -0.15) is 0 Å². The van der Waals surface area contributed by atoms with Crippen molar-refractivity contribution in [2.24, 2.45) is 5.92 Å². The summed E-state index contributed by atoms with van der Waals surface area (Å²) in [7, 11) is 2.21. The van der Waals surface area contributed by atoms with Crippen LogP contribution in [-0.2, 0) is 6.42 Å². The summed E-state index contributed by atoms with van der Waals surface area (Å²) >= 11 is 0. The second-order valence-electron chi connectivity index (χ2n) is 6.18. The van der Waals surface area contributed by atoms with Gasteiger partial charge in [0.1, 0.15) is 5.82 Å². The van der Waals surface area contributed by atoms with Crippen LogP contribution in [0, 0.1) is 11.7 Å². The van der Waals surface area contributed by atoms with Gasteiger partial charge < -0.3 is 10.0 Å². The highest BCUT2D eigenvalue weighted by Gasteiger charge is 2.40. The van der Waals surface area contributed by atoms with E-state index in [2.05, 4.69) is 11.9 Å². The Kier molecular flexibility index (Phi) is 3.59. The summed E-state index contributed by atoms with van der Waals surface area (Å²) in [6.45, 7) is 0. The first-order chi connectivity index (χ1) is 9.13. The summed E-state index contributed by atoms with van der Waals surface area (Å²) < 4.78 is 13.2. The van der Waals surface area contributed by atoms with E-state index in [0.717, 1.165) is 18.4 Å². The molecule has 3 rings (SSSR count). The molecule has 1 N–H and O–H groups in total. The number of aliphatic hydroxyl groups is 1. The van der Waals surface area contributed by atoms with Gasteiger partial charge in [0.25, 0.3) is 0 Å². The maximum atomic E-state index is 13.2. The smallest absolute Gasteiger partial charge is 0.123 e. The van der Waals surface area contributed by atoms with Crippen LogP contribution in [0.1, 0.15) is 31.2 Å². The molecule has 104 valence electrons. The lowest BCUT2D eigenvalue weighted by molar-refractivity contribution is 0.0367. The van der Waals surface area contributed by atoms with Crippen LogP contribution in [0.2, 0.25) is 0 Å². The molecule has 0 spiro atoms. The Hall–Kier alpha value is -0.930. The maximum Gasteiger partial charge on any atom is 0.123 e. The van der Waals surface area contributed by atoms with Gasteiger partial charge in [-0.15, -0.1) is 0 Å². The number of hydrogen-bond acceptors (Lipinski definition) is 2. The van der Waals surface area contributed by atoms with Gasteiger partial charge in [0, 0.05) is 12.1 Å². The molecule has 0 aromatic heterocycles. The molecule has 2 aliphatic heterocycles. The number of fused-ring (bicyclic) bond motifs is 2. The lowest BCUT2D eigenvalue weighted by Crippen LogP contribution is -2.43. The number of halogens is 1. The van der Waals surface area contributed by atoms with Crippen molar-refractivity contribution in [1.82, 2.24) is 4.90 Å². The van der Waals surface area contributed by atoms with E-state index < -0.39 is 0 Å². The van der Waals surface area contributed by atoms with Crippen LogP contribution in [0.4, 0.5) is 4.39 Å². The fourth-order valence-electron chi connectivity index (χ4n) is 3.84. The molecular weight excluding hydrogens is 241 g/mol. The lowest BCUT2D eigenvalue weighted by atomic mass is 9.84. The summed E-state index contributed by atoms with van der Waals surface area (Å²) in [5.74, 6) is 0.158. The van der Waals surface area contributed by atoms with E-state index in [9.17, 15) is 9.50 Å². The van der Waals surface area contributed by atoms with Crippen molar-refractivity contribution in [3.8, 4) is 0 Å². The molecule has 0 aliphatic carbocycles. The van der Waals surface area contributed by atoms with E-state index >= 15 is 0 Å². The molecule has 2 fully saturated rings. The van der Waals surface area contributed by atoms with Gasteiger partial charge in [0.15, 0.2) is 0 Å². The van der Waals surface area contributed by atoms with Crippen LogP contribution < -0.4 is 0 Å². The van der Waals surface area contributed by atoms with Crippen molar-refractivity contribution in [3.05, 3.63) is 35.6 Å². The van der Waals surface area contributed by atoms with Crippen LogP contribution in [-0.4, -0.2) is 35.2 Å². The molecule has 0 amide bonds. The molecule has 3 unspecified atom stereocenters. The predicted octanol–water partition coefficient (Wildman–Crippen LogP) is 2.60. The zero-order valence-electron chi connectivity index (χ0n) is 11.4. The van der Waals surface area contributed by atoms with Crippen molar-refractivity contribution in [2.45, 2.75) is 50.3 Å². The highest BCUT2D eigenvalue weighted by molar-refractivity contribution is 5.17. The second kappa shape index (κ2) is 5.22. The summed E-state index contributed by atoms with van der Waals surface area (Å²) in [5.41, 5.74) is 0.902. The Bertz CT molecular complexity index is 436. The Balaban J connectivity index is 1.64. The highest BCUT2D eigenvalue weighted by atomic mass is 19.1. The van der Waals surface area contributed by atoms with Crippen LogP contribution >= 0.6 is 0 Å². The Morgan fingerprint density at radius 3 is 2.63 bits per heavy atom. The summed E-state index contributed by atoms with van der Waals surface area (Å²) in [6, 6.07) is 7.89. The average molecular weight is 263 g/mol. The van der Waals surface area contributed by atoms with Gasteiger partial charge in [-0.1, -0.05) is 12.1 Å². The van der Waals surface area contributed by atoms with Crippen molar-refractivity contribution >= 4 is 0 Å². The molecular formula is C16H22FNO. The molecule has 0 radical (unpaired) electrons. The van der Waals surface area contributed by atoms with Crippen LogP contribution in [0.5, 0.6) is 0 Å². The molecule has 2 nitrogen and oxygen atoms in total. The standard InChI is InChI=1S/C16H22FNO/c1-18-14-5-6-15(18)10-12(9-14)16(19)8-11-3-2-4-13(17)7-11/h2-4,7,12,14-16,19H,5-6,8-10H2,1H3. The molecule has 3 atom stereocenters. The minimum absolute atomic E-state index is 0.215. The first kappa shape index (κ1) is 13.1. The molecule has 2 bridgehead atoms. The van der Waals surface area contributed by atoms with Gasteiger partial charge >= 0.3 is 0 Å². The Morgan fingerprint density at radius 2 is 2.00 bits per heavy atom. The number of aliphatic hydroxyl groups excluding tert-OH is 1. The minimum atomic E-state index is -0.335. The third-order valence-corrected chi connectivity index (χ3v) is 5.01. The number of nitrogens with zero attached hydrogens (tertiary/aromatic N) is 1. The molecule has 19 heavy (non-hydrogen) atoms. The zero-order chi connectivity index (χ0) is 13.4. The van der Waals surface area contributed by atoms with E-state index in [1.807, 2.05) is 6.07 Å². The van der Waals surface area contributed by atoms with Gasteiger partial charge in [-0.3, -0.25) is 0 Å². The van der Waals surface area contributed by atoms with Crippen LogP contribution in [0.25, 0.3) is 0 Å². The normalized spacial score (nSPS) is 32.5. The van der Waals surface area contributed by atoms with Crippen molar-refractivity contribution in [1.29, 1.82) is 0 Å². The van der Waals surface area contributed by atoms with Crippen molar-refractivity contribution in [2.75, 3.05) is 7.05 Å². The van der Waals surface area contributed by atoms with Gasteiger partial charge in [-0.25, -0.2) is 4.39 Å². The quantitative estimate of drug-likeness (QED) is 0.906. The summed E-state index contributed by atoms with van der Waals surface area (Å²) in [6.07, 6.45) is 4.95. The fourth-order valence-corrected chi connectivity index (χ4v) is 3.84. The third-order valence-electron chi connectivity index (χ3n) is 5.01. The largest absolute Gasteiger partial charge is 0.392 e. The molecule has 0 saturated carbocycles. The van der Waals surface area contributed by atoms with E-state index in [0.29, 0.717) is 24.4 Å². The van der Waals surface area contributed by atoms with Crippen molar-refractivity contribution in [3.63, 3.8) is 0 Å². The lowest BCUT2D eigenvalue weighted by Gasteiger charge is -2.38. The molecule has 2 heterocycles. The zero-order valence-corrected chi connectivity index (χ0v) is 11.4. The maximum absolute atomic E-state index is 13.2. The molecule has 1 aromatic rings. The molecule has 2 saturated heterocycles. The predicted molar refractivity (Wildman–Crippen MR) is 73.4 cm³/mol. The van der Waals surface area contributed by atoms with Gasteiger partial charge in [-0.05, 0) is 62.8 Å². The first-order valence-electron chi connectivity index (χ1n) is 7.28. The van der Waals surface area contributed by atoms with E-state index in [-0.39, 0.29) is 11.9 Å². The Morgan fingerprint density at radius 1 is 1.32 bits per heavy atom. The number of piperidine rings is 1. The SMILES string of the molecule is CN1C2CCC1CC(C(O)Cc1cccc(F)c1)C2. The fraction of sp³-hybridized carbons (Fsp3) is 0.625.